The molecule has 2 rings (SSSR count). The lowest BCUT2D eigenvalue weighted by atomic mass is 10.1. The molecule has 0 atom stereocenters. The number of hydrogen-bond acceptors (Lipinski definition) is 4. The molecule has 0 heterocycles. The summed E-state index contributed by atoms with van der Waals surface area (Å²) >= 11 is 0. The Bertz CT molecular complexity index is 655. The molecule has 0 unspecified atom stereocenters. The normalized spacial score (nSPS) is 10.8. The van der Waals surface area contributed by atoms with E-state index in [9.17, 15) is 9.90 Å². The molecule has 0 saturated carbocycles. The fourth-order valence-corrected chi connectivity index (χ4v) is 2.57. The van der Waals surface area contributed by atoms with Crippen LogP contribution in [0, 0.1) is 0 Å². The average molecular weight is 327 g/mol. The van der Waals surface area contributed by atoms with E-state index in [2.05, 4.69) is 36.1 Å². The van der Waals surface area contributed by atoms with Crippen LogP contribution in [0.1, 0.15) is 36.2 Å². The highest BCUT2D eigenvalue weighted by molar-refractivity contribution is 5.96. The summed E-state index contributed by atoms with van der Waals surface area (Å²) in [4.78, 5) is 13.7. The first-order valence-corrected chi connectivity index (χ1v) is 8.33. The van der Waals surface area contributed by atoms with Crippen molar-refractivity contribution in [2.45, 2.75) is 26.8 Å². The molecule has 128 valence electrons. The molecule has 0 amide bonds. The van der Waals surface area contributed by atoms with Crippen molar-refractivity contribution >= 4 is 5.78 Å². The zero-order chi connectivity index (χ0) is 17.4. The fraction of sp³-hybridized carbons (Fsp3) is 0.350. The van der Waals surface area contributed by atoms with Crippen LogP contribution in [-0.2, 0) is 6.54 Å². The Balaban J connectivity index is 1.77. The van der Waals surface area contributed by atoms with Crippen molar-refractivity contribution in [2.24, 2.45) is 0 Å². The molecule has 4 nitrogen and oxygen atoms in total. The average Bonchev–Trinajstić information content (AvgIpc) is 2.58. The third kappa shape index (κ3) is 5.39. The molecule has 0 aromatic heterocycles. The molecule has 4 heteroatoms. The summed E-state index contributed by atoms with van der Waals surface area (Å²) in [5, 5.41) is 9.80. The number of rotatable bonds is 9. The number of phenolic OH excluding ortho intramolecular Hbond substituents is 1. The summed E-state index contributed by atoms with van der Waals surface area (Å²) in [5.74, 6) is 0.404. The van der Waals surface area contributed by atoms with Crippen molar-refractivity contribution < 1.29 is 14.6 Å². The minimum atomic E-state index is -0.154. The number of carbonyl (C=O) groups excluding carboxylic acids is 1. The van der Waals surface area contributed by atoms with Gasteiger partial charge >= 0.3 is 0 Å². The molecule has 0 radical (unpaired) electrons. The Morgan fingerprint density at radius 1 is 1.17 bits per heavy atom. The smallest absolute Gasteiger partial charge is 0.163 e. The monoisotopic (exact) mass is 327 g/mol. The van der Waals surface area contributed by atoms with Crippen LogP contribution in [-0.4, -0.2) is 35.5 Å². The number of aromatic hydroxyl groups is 1. The van der Waals surface area contributed by atoms with Gasteiger partial charge < -0.3 is 9.84 Å². The molecule has 0 aliphatic rings. The van der Waals surface area contributed by atoms with Gasteiger partial charge in [0.05, 0.1) is 12.2 Å². The third-order valence-corrected chi connectivity index (χ3v) is 3.93. The van der Waals surface area contributed by atoms with E-state index in [-0.39, 0.29) is 11.5 Å². The number of ether oxygens (including phenoxy) is 1. The molecular formula is C20H25NO3. The molecule has 2 aromatic carbocycles. The fourth-order valence-electron chi connectivity index (χ4n) is 2.57. The maximum atomic E-state index is 11.3. The van der Waals surface area contributed by atoms with Gasteiger partial charge in [-0.3, -0.25) is 9.69 Å². The lowest BCUT2D eigenvalue weighted by Crippen LogP contribution is -2.25. The molecule has 0 aliphatic carbocycles. The summed E-state index contributed by atoms with van der Waals surface area (Å²) in [6, 6.07) is 15.2. The van der Waals surface area contributed by atoms with Crippen molar-refractivity contribution in [3.8, 4) is 11.5 Å². The molecule has 0 saturated heterocycles. The Kier molecular flexibility index (Phi) is 6.82. The van der Waals surface area contributed by atoms with E-state index in [0.717, 1.165) is 26.1 Å². The van der Waals surface area contributed by atoms with E-state index in [1.54, 1.807) is 12.1 Å². The summed E-state index contributed by atoms with van der Waals surface area (Å²) in [6.07, 6.45) is 0.899. The SMILES string of the molecule is CCN(CCCOc1ccc(C(C)=O)c(O)c1)Cc1ccccc1. The van der Waals surface area contributed by atoms with Crippen LogP contribution in [0.5, 0.6) is 11.5 Å². The summed E-state index contributed by atoms with van der Waals surface area (Å²) in [5.41, 5.74) is 1.63. The summed E-state index contributed by atoms with van der Waals surface area (Å²) < 4.78 is 5.67. The van der Waals surface area contributed by atoms with Crippen molar-refractivity contribution in [1.29, 1.82) is 0 Å². The third-order valence-electron chi connectivity index (χ3n) is 3.93. The van der Waals surface area contributed by atoms with Gasteiger partial charge in [-0.15, -0.1) is 0 Å². The van der Waals surface area contributed by atoms with Crippen LogP contribution >= 0.6 is 0 Å². The molecule has 2 aromatic rings. The lowest BCUT2D eigenvalue weighted by molar-refractivity contribution is 0.101. The van der Waals surface area contributed by atoms with Gasteiger partial charge in [-0.2, -0.15) is 0 Å². The zero-order valence-electron chi connectivity index (χ0n) is 14.4. The molecule has 0 fully saturated rings. The van der Waals surface area contributed by atoms with E-state index in [1.165, 1.54) is 18.6 Å². The largest absolute Gasteiger partial charge is 0.507 e. The Morgan fingerprint density at radius 3 is 2.54 bits per heavy atom. The lowest BCUT2D eigenvalue weighted by Gasteiger charge is -2.20. The standard InChI is InChI=1S/C20H25NO3/c1-3-21(15-17-8-5-4-6-9-17)12-7-13-24-18-10-11-19(16(2)22)20(23)14-18/h4-6,8-11,14,23H,3,7,12-13,15H2,1-2H3. The first-order chi connectivity index (χ1) is 11.6. The first kappa shape index (κ1) is 18.0. The second kappa shape index (κ2) is 9.08. The number of phenols is 1. The number of benzene rings is 2. The predicted molar refractivity (Wildman–Crippen MR) is 95.6 cm³/mol. The summed E-state index contributed by atoms with van der Waals surface area (Å²) in [7, 11) is 0. The predicted octanol–water partition coefficient (Wildman–Crippen LogP) is 3.89. The van der Waals surface area contributed by atoms with Crippen molar-refractivity contribution in [3.05, 3.63) is 59.7 Å². The minimum Gasteiger partial charge on any atom is -0.507 e. The van der Waals surface area contributed by atoms with Crippen molar-refractivity contribution in [3.63, 3.8) is 0 Å². The Labute approximate surface area is 143 Å². The van der Waals surface area contributed by atoms with Crippen LogP contribution in [0.25, 0.3) is 0 Å². The van der Waals surface area contributed by atoms with Gasteiger partial charge in [-0.25, -0.2) is 0 Å². The number of ketones is 1. The van der Waals surface area contributed by atoms with E-state index < -0.39 is 0 Å². The maximum Gasteiger partial charge on any atom is 0.163 e. The Hall–Kier alpha value is -2.33. The highest BCUT2D eigenvalue weighted by Crippen LogP contribution is 2.24. The Morgan fingerprint density at radius 2 is 1.92 bits per heavy atom. The molecular weight excluding hydrogens is 302 g/mol. The van der Waals surface area contributed by atoms with Gasteiger partial charge in [-0.1, -0.05) is 37.3 Å². The highest BCUT2D eigenvalue weighted by atomic mass is 16.5. The van der Waals surface area contributed by atoms with Gasteiger partial charge in [0.2, 0.25) is 0 Å². The van der Waals surface area contributed by atoms with Crippen molar-refractivity contribution in [1.82, 2.24) is 4.90 Å². The van der Waals surface area contributed by atoms with Gasteiger partial charge in [0.1, 0.15) is 11.5 Å². The molecule has 0 spiro atoms. The first-order valence-electron chi connectivity index (χ1n) is 8.33. The second-order valence-electron chi connectivity index (χ2n) is 5.79. The van der Waals surface area contributed by atoms with Gasteiger partial charge in [0.15, 0.2) is 5.78 Å². The van der Waals surface area contributed by atoms with Crippen molar-refractivity contribution in [2.75, 3.05) is 19.7 Å². The number of Topliss-reactive ketones (excluding diaryl/α,β-unsaturated/α-hetero) is 1. The van der Waals surface area contributed by atoms with Gasteiger partial charge in [0.25, 0.3) is 0 Å². The number of nitrogens with zero attached hydrogens (tertiary/aromatic N) is 1. The second-order valence-corrected chi connectivity index (χ2v) is 5.79. The number of carbonyl (C=O) groups is 1. The topological polar surface area (TPSA) is 49.8 Å². The van der Waals surface area contributed by atoms with Crippen LogP contribution in [0.15, 0.2) is 48.5 Å². The molecule has 0 aliphatic heterocycles. The van der Waals surface area contributed by atoms with Gasteiger partial charge in [-0.05, 0) is 37.6 Å². The minimum absolute atomic E-state index is 0.0285. The number of hydrogen-bond donors (Lipinski definition) is 1. The highest BCUT2D eigenvalue weighted by Gasteiger charge is 2.08. The van der Waals surface area contributed by atoms with Crippen LogP contribution in [0.4, 0.5) is 0 Å². The zero-order valence-corrected chi connectivity index (χ0v) is 14.4. The van der Waals surface area contributed by atoms with Crippen LogP contribution < -0.4 is 4.74 Å². The molecule has 24 heavy (non-hydrogen) atoms. The van der Waals surface area contributed by atoms with Crippen LogP contribution in [0.3, 0.4) is 0 Å². The van der Waals surface area contributed by atoms with Gasteiger partial charge in [0, 0.05) is 19.2 Å². The summed E-state index contributed by atoms with van der Waals surface area (Å²) in [6.45, 7) is 7.03. The quantitative estimate of drug-likeness (QED) is 0.561. The molecule has 1 N–H and O–H groups in total. The van der Waals surface area contributed by atoms with E-state index in [1.807, 2.05) is 6.07 Å². The van der Waals surface area contributed by atoms with Crippen LogP contribution in [0.2, 0.25) is 0 Å². The molecule has 0 bridgehead atoms. The van der Waals surface area contributed by atoms with E-state index in [0.29, 0.717) is 17.9 Å². The maximum absolute atomic E-state index is 11.3. The van der Waals surface area contributed by atoms with E-state index in [4.69, 9.17) is 4.74 Å². The van der Waals surface area contributed by atoms with E-state index >= 15 is 0 Å².